The highest BCUT2D eigenvalue weighted by molar-refractivity contribution is 5.74. The number of imidazole rings is 1. The topological polar surface area (TPSA) is 73.4 Å². The predicted molar refractivity (Wildman–Crippen MR) is 109 cm³/mol. The van der Waals surface area contributed by atoms with Crippen molar-refractivity contribution in [2.45, 2.75) is 6.54 Å². The van der Waals surface area contributed by atoms with Crippen LogP contribution < -0.4 is 9.80 Å². The fraction of sp³-hybridized carbons (Fsp3) is 0.450. The number of nitrogens with zero attached hydrogens (tertiary/aromatic N) is 6. The number of para-hydroxylation sites is 2. The minimum Gasteiger partial charge on any atom is -0.378 e. The molecule has 0 bridgehead atoms. The van der Waals surface area contributed by atoms with E-state index in [1.165, 1.54) is 0 Å². The lowest BCUT2D eigenvalue weighted by molar-refractivity contribution is 0.122. The third kappa shape index (κ3) is 3.65. The summed E-state index contributed by atoms with van der Waals surface area (Å²) in [5.74, 6) is 3.05. The van der Waals surface area contributed by atoms with E-state index in [1.54, 1.807) is 6.33 Å². The van der Waals surface area contributed by atoms with E-state index < -0.39 is 0 Å². The van der Waals surface area contributed by atoms with Gasteiger partial charge in [-0.25, -0.2) is 15.0 Å². The fourth-order valence-electron chi connectivity index (χ4n) is 3.90. The maximum Gasteiger partial charge on any atom is 0.134 e. The van der Waals surface area contributed by atoms with Gasteiger partial charge in [0.05, 0.1) is 30.8 Å². The fourth-order valence-corrected chi connectivity index (χ4v) is 3.90. The van der Waals surface area contributed by atoms with Crippen LogP contribution in [0.3, 0.4) is 0 Å². The first-order chi connectivity index (χ1) is 13.8. The van der Waals surface area contributed by atoms with E-state index in [-0.39, 0.29) is 0 Å². The molecule has 1 aromatic carbocycles. The summed E-state index contributed by atoms with van der Waals surface area (Å²) < 4.78 is 5.44. The minimum absolute atomic E-state index is 0.764. The Balaban J connectivity index is 1.21. The highest BCUT2D eigenvalue weighted by Gasteiger charge is 2.21. The van der Waals surface area contributed by atoms with Crippen LogP contribution in [0.2, 0.25) is 0 Å². The summed E-state index contributed by atoms with van der Waals surface area (Å²) in [6.07, 6.45) is 1.68. The van der Waals surface area contributed by atoms with Crippen molar-refractivity contribution in [2.75, 3.05) is 62.3 Å². The number of aromatic nitrogens is 4. The first-order valence-electron chi connectivity index (χ1n) is 9.91. The van der Waals surface area contributed by atoms with Crippen LogP contribution in [0.4, 0.5) is 11.6 Å². The van der Waals surface area contributed by atoms with Crippen molar-refractivity contribution in [3.63, 3.8) is 0 Å². The molecular formula is C20H25N7O. The van der Waals surface area contributed by atoms with E-state index in [4.69, 9.17) is 9.72 Å². The second-order valence-corrected chi connectivity index (χ2v) is 7.30. The van der Waals surface area contributed by atoms with Gasteiger partial charge in [0, 0.05) is 45.3 Å². The summed E-state index contributed by atoms with van der Waals surface area (Å²) in [5.41, 5.74) is 2.14. The molecule has 2 aliphatic heterocycles. The quantitative estimate of drug-likeness (QED) is 0.737. The van der Waals surface area contributed by atoms with Gasteiger partial charge in [0.25, 0.3) is 0 Å². The number of benzene rings is 1. The second kappa shape index (κ2) is 7.73. The highest BCUT2D eigenvalue weighted by Crippen LogP contribution is 2.20. The molecule has 3 aromatic rings. The van der Waals surface area contributed by atoms with Gasteiger partial charge >= 0.3 is 0 Å². The molecule has 2 saturated heterocycles. The predicted octanol–water partition coefficient (Wildman–Crippen LogP) is 1.51. The van der Waals surface area contributed by atoms with Crippen molar-refractivity contribution in [1.29, 1.82) is 0 Å². The van der Waals surface area contributed by atoms with Gasteiger partial charge < -0.3 is 19.5 Å². The van der Waals surface area contributed by atoms with Crippen LogP contribution in [-0.2, 0) is 11.3 Å². The van der Waals surface area contributed by atoms with Crippen molar-refractivity contribution < 1.29 is 4.74 Å². The SMILES string of the molecule is c1ccc2[nH]c(CN3CCN(c4cc(N5CCOCC5)ncn4)CC3)nc2c1. The molecule has 0 aliphatic carbocycles. The van der Waals surface area contributed by atoms with Crippen LogP contribution in [0.15, 0.2) is 36.7 Å². The molecule has 0 radical (unpaired) electrons. The third-order valence-corrected chi connectivity index (χ3v) is 5.48. The Labute approximate surface area is 164 Å². The number of hydrogen-bond acceptors (Lipinski definition) is 7. The molecule has 2 fully saturated rings. The number of nitrogens with one attached hydrogen (secondary N) is 1. The zero-order chi connectivity index (χ0) is 18.8. The van der Waals surface area contributed by atoms with Gasteiger partial charge in [-0.15, -0.1) is 0 Å². The number of rotatable bonds is 4. The molecule has 28 heavy (non-hydrogen) atoms. The zero-order valence-corrected chi connectivity index (χ0v) is 15.9. The Morgan fingerprint density at radius 1 is 0.893 bits per heavy atom. The van der Waals surface area contributed by atoms with Crippen LogP contribution >= 0.6 is 0 Å². The summed E-state index contributed by atoms with van der Waals surface area (Å²) >= 11 is 0. The van der Waals surface area contributed by atoms with Crippen LogP contribution in [0.5, 0.6) is 0 Å². The Bertz CT molecular complexity index is 896. The van der Waals surface area contributed by atoms with Crippen LogP contribution in [0.1, 0.15) is 5.82 Å². The summed E-state index contributed by atoms with van der Waals surface area (Å²) in [6, 6.07) is 10.3. The molecule has 0 amide bonds. The summed E-state index contributed by atoms with van der Waals surface area (Å²) in [6.45, 7) is 8.07. The first kappa shape index (κ1) is 17.4. The Kier molecular flexibility index (Phi) is 4.80. The van der Waals surface area contributed by atoms with Gasteiger partial charge in [0.2, 0.25) is 0 Å². The van der Waals surface area contributed by atoms with Gasteiger partial charge in [-0.05, 0) is 12.1 Å². The molecule has 146 valence electrons. The lowest BCUT2D eigenvalue weighted by atomic mass is 10.3. The Morgan fingerprint density at radius 3 is 2.36 bits per heavy atom. The number of aromatic amines is 1. The van der Waals surface area contributed by atoms with Crippen molar-refractivity contribution in [2.24, 2.45) is 0 Å². The number of ether oxygens (including phenoxy) is 1. The molecule has 5 rings (SSSR count). The number of piperazine rings is 1. The minimum atomic E-state index is 0.764. The number of hydrogen-bond donors (Lipinski definition) is 1. The maximum atomic E-state index is 5.44. The Hall–Kier alpha value is -2.71. The number of fused-ring (bicyclic) bond motifs is 1. The van der Waals surface area contributed by atoms with Gasteiger partial charge in [0.15, 0.2) is 0 Å². The third-order valence-electron chi connectivity index (χ3n) is 5.48. The molecule has 0 unspecified atom stereocenters. The van der Waals surface area contributed by atoms with Crippen molar-refractivity contribution >= 4 is 22.7 Å². The molecule has 1 N–H and O–H groups in total. The van der Waals surface area contributed by atoms with E-state index in [0.29, 0.717) is 0 Å². The smallest absolute Gasteiger partial charge is 0.134 e. The van der Waals surface area contributed by atoms with Crippen LogP contribution in [0.25, 0.3) is 11.0 Å². The molecule has 8 nitrogen and oxygen atoms in total. The normalized spacial score (nSPS) is 18.7. The van der Waals surface area contributed by atoms with Crippen molar-refractivity contribution in [3.05, 3.63) is 42.5 Å². The van der Waals surface area contributed by atoms with Gasteiger partial charge in [-0.3, -0.25) is 4.90 Å². The van der Waals surface area contributed by atoms with E-state index in [1.807, 2.05) is 12.1 Å². The number of morpholine rings is 1. The largest absolute Gasteiger partial charge is 0.378 e. The monoisotopic (exact) mass is 379 g/mol. The van der Waals surface area contributed by atoms with E-state index in [9.17, 15) is 0 Å². The van der Waals surface area contributed by atoms with Gasteiger partial charge in [0.1, 0.15) is 23.8 Å². The lowest BCUT2D eigenvalue weighted by Crippen LogP contribution is -2.46. The lowest BCUT2D eigenvalue weighted by Gasteiger charge is -2.35. The van der Waals surface area contributed by atoms with Crippen molar-refractivity contribution in [3.8, 4) is 0 Å². The number of H-pyrrole nitrogens is 1. The summed E-state index contributed by atoms with van der Waals surface area (Å²) in [7, 11) is 0. The average molecular weight is 379 g/mol. The molecule has 8 heteroatoms. The van der Waals surface area contributed by atoms with E-state index in [2.05, 4.69) is 47.9 Å². The summed E-state index contributed by atoms with van der Waals surface area (Å²) in [5, 5.41) is 0. The van der Waals surface area contributed by atoms with Crippen molar-refractivity contribution in [1.82, 2.24) is 24.8 Å². The molecule has 2 aliphatic rings. The van der Waals surface area contributed by atoms with Crippen LogP contribution in [0, 0.1) is 0 Å². The maximum absolute atomic E-state index is 5.44. The Morgan fingerprint density at radius 2 is 1.61 bits per heavy atom. The standard InChI is InChI=1S/C20H25N7O/c1-2-4-17-16(3-1)23-18(24-17)14-25-5-7-26(8-6-25)19-13-20(22-15-21-19)27-9-11-28-12-10-27/h1-4,13,15H,5-12,14H2,(H,23,24). The summed E-state index contributed by atoms with van der Waals surface area (Å²) in [4.78, 5) is 24.2. The van der Waals surface area contributed by atoms with E-state index >= 15 is 0 Å². The molecular weight excluding hydrogens is 354 g/mol. The van der Waals surface area contributed by atoms with E-state index in [0.717, 1.165) is 87.5 Å². The molecule has 4 heterocycles. The molecule has 2 aromatic heterocycles. The second-order valence-electron chi connectivity index (χ2n) is 7.30. The number of anilines is 2. The molecule has 0 atom stereocenters. The van der Waals surface area contributed by atoms with Crippen LogP contribution in [-0.4, -0.2) is 77.3 Å². The first-order valence-corrected chi connectivity index (χ1v) is 9.91. The van der Waals surface area contributed by atoms with Gasteiger partial charge in [-0.2, -0.15) is 0 Å². The molecule has 0 saturated carbocycles. The zero-order valence-electron chi connectivity index (χ0n) is 15.9. The van der Waals surface area contributed by atoms with Gasteiger partial charge in [-0.1, -0.05) is 12.1 Å². The highest BCUT2D eigenvalue weighted by atomic mass is 16.5. The average Bonchev–Trinajstić information content (AvgIpc) is 3.17. The molecule has 0 spiro atoms.